The summed E-state index contributed by atoms with van der Waals surface area (Å²) in [5.41, 5.74) is 0. The van der Waals surface area contributed by atoms with Crippen molar-refractivity contribution in [1.29, 1.82) is 0 Å². The number of esters is 1. The minimum atomic E-state index is -0.0618. The van der Waals surface area contributed by atoms with Gasteiger partial charge < -0.3 is 9.47 Å². The second-order valence-corrected chi connectivity index (χ2v) is 7.13. The minimum absolute atomic E-state index is 0.0389. The predicted octanol–water partition coefficient (Wildman–Crippen LogP) is 2.89. The summed E-state index contributed by atoms with van der Waals surface area (Å²) in [4.78, 5) is 11.5. The predicted molar refractivity (Wildman–Crippen MR) is 77.1 cm³/mol. The summed E-state index contributed by atoms with van der Waals surface area (Å²) in [7, 11) is 0. The average Bonchev–Trinajstić information content (AvgIpc) is 2.72. The van der Waals surface area contributed by atoms with Crippen molar-refractivity contribution in [3.8, 4) is 0 Å². The highest BCUT2D eigenvalue weighted by Crippen LogP contribution is 2.50. The maximum atomic E-state index is 11.6. The summed E-state index contributed by atoms with van der Waals surface area (Å²) in [6, 6.07) is 0. The van der Waals surface area contributed by atoms with Gasteiger partial charge in [0.05, 0.1) is 13.2 Å². The van der Waals surface area contributed by atoms with Crippen LogP contribution < -0.4 is 0 Å². The second-order valence-electron chi connectivity index (χ2n) is 5.12. The van der Waals surface area contributed by atoms with Gasteiger partial charge in [0.1, 0.15) is 4.93 Å². The molecule has 3 nitrogen and oxygen atoms in total. The van der Waals surface area contributed by atoms with Crippen LogP contribution in [0.1, 0.15) is 39.0 Å². The van der Waals surface area contributed by atoms with Crippen LogP contribution in [-0.2, 0) is 14.3 Å². The third-order valence-electron chi connectivity index (χ3n) is 3.65. The standard InChI is InChI=1S/C13H22O3S2/c1-2-15-12(14)6-10-4-3-5-13(7-10)16-8-11(9-17)18-13/h10-11,17H,2-9H2,1H3. The quantitative estimate of drug-likeness (QED) is 0.638. The lowest BCUT2D eigenvalue weighted by Gasteiger charge is -2.36. The Kier molecular flexibility index (Phi) is 5.27. The van der Waals surface area contributed by atoms with Crippen LogP contribution >= 0.6 is 24.4 Å². The molecule has 0 aromatic carbocycles. The van der Waals surface area contributed by atoms with Crippen molar-refractivity contribution < 1.29 is 14.3 Å². The molecule has 0 aromatic heterocycles. The maximum Gasteiger partial charge on any atom is 0.306 e. The molecular formula is C13H22O3S2. The average molecular weight is 290 g/mol. The van der Waals surface area contributed by atoms with E-state index in [4.69, 9.17) is 9.47 Å². The smallest absolute Gasteiger partial charge is 0.306 e. The van der Waals surface area contributed by atoms with Crippen LogP contribution in [0.4, 0.5) is 0 Å². The molecule has 1 saturated heterocycles. The van der Waals surface area contributed by atoms with Crippen molar-refractivity contribution in [3.05, 3.63) is 0 Å². The Balaban J connectivity index is 1.87. The van der Waals surface area contributed by atoms with Crippen LogP contribution in [0.5, 0.6) is 0 Å². The van der Waals surface area contributed by atoms with Gasteiger partial charge in [-0.1, -0.05) is 0 Å². The van der Waals surface area contributed by atoms with E-state index in [-0.39, 0.29) is 10.9 Å². The molecule has 0 N–H and O–H groups in total. The number of rotatable bonds is 4. The fourth-order valence-corrected chi connectivity index (χ4v) is 4.76. The van der Waals surface area contributed by atoms with Gasteiger partial charge >= 0.3 is 5.97 Å². The van der Waals surface area contributed by atoms with Crippen LogP contribution in [0.25, 0.3) is 0 Å². The largest absolute Gasteiger partial charge is 0.466 e. The molecule has 2 fully saturated rings. The summed E-state index contributed by atoms with van der Waals surface area (Å²) in [5.74, 6) is 1.23. The molecule has 1 saturated carbocycles. The minimum Gasteiger partial charge on any atom is -0.466 e. The van der Waals surface area contributed by atoms with E-state index >= 15 is 0 Å². The number of thiol groups is 1. The molecule has 0 bridgehead atoms. The molecule has 5 heteroatoms. The Labute approximate surface area is 119 Å². The van der Waals surface area contributed by atoms with Crippen molar-refractivity contribution in [2.45, 2.75) is 49.2 Å². The number of hydrogen-bond acceptors (Lipinski definition) is 5. The molecule has 104 valence electrons. The Hall–Kier alpha value is 0.130. The lowest BCUT2D eigenvalue weighted by Crippen LogP contribution is -2.33. The number of thioether (sulfide) groups is 1. The van der Waals surface area contributed by atoms with Gasteiger partial charge in [-0.3, -0.25) is 4.79 Å². The van der Waals surface area contributed by atoms with Crippen LogP contribution in [0.15, 0.2) is 0 Å². The van der Waals surface area contributed by atoms with Crippen LogP contribution in [0.3, 0.4) is 0 Å². The van der Waals surface area contributed by atoms with E-state index < -0.39 is 0 Å². The van der Waals surface area contributed by atoms with E-state index in [9.17, 15) is 4.79 Å². The van der Waals surface area contributed by atoms with Crippen LogP contribution in [-0.4, -0.2) is 35.1 Å². The monoisotopic (exact) mass is 290 g/mol. The molecule has 2 aliphatic rings. The number of carbonyl (C=O) groups is 1. The Morgan fingerprint density at radius 1 is 1.61 bits per heavy atom. The van der Waals surface area contributed by atoms with Gasteiger partial charge in [0.15, 0.2) is 0 Å². The molecule has 1 spiro atoms. The van der Waals surface area contributed by atoms with E-state index in [1.165, 1.54) is 0 Å². The Morgan fingerprint density at radius 2 is 2.44 bits per heavy atom. The molecule has 18 heavy (non-hydrogen) atoms. The highest BCUT2D eigenvalue weighted by atomic mass is 32.2. The maximum absolute atomic E-state index is 11.6. The molecule has 1 heterocycles. The lowest BCUT2D eigenvalue weighted by molar-refractivity contribution is -0.145. The normalized spacial score (nSPS) is 35.9. The topological polar surface area (TPSA) is 35.5 Å². The Morgan fingerprint density at radius 3 is 3.11 bits per heavy atom. The summed E-state index contributed by atoms with van der Waals surface area (Å²) < 4.78 is 11.1. The van der Waals surface area contributed by atoms with Gasteiger partial charge in [0.25, 0.3) is 0 Å². The molecule has 2 rings (SSSR count). The molecular weight excluding hydrogens is 268 g/mol. The van der Waals surface area contributed by atoms with Crippen molar-refractivity contribution in [3.63, 3.8) is 0 Å². The first kappa shape index (κ1) is 14.5. The SMILES string of the molecule is CCOC(=O)CC1CCCC2(C1)OCC(CS)S2. The summed E-state index contributed by atoms with van der Waals surface area (Å²) >= 11 is 6.28. The van der Waals surface area contributed by atoms with Crippen LogP contribution in [0, 0.1) is 5.92 Å². The second kappa shape index (κ2) is 6.53. The molecule has 0 amide bonds. The van der Waals surface area contributed by atoms with Crippen molar-refractivity contribution in [2.24, 2.45) is 5.92 Å². The molecule has 1 aliphatic carbocycles. The van der Waals surface area contributed by atoms with Gasteiger partial charge in [0, 0.05) is 17.4 Å². The van der Waals surface area contributed by atoms with Crippen molar-refractivity contribution >= 4 is 30.4 Å². The molecule has 0 aromatic rings. The van der Waals surface area contributed by atoms with Crippen molar-refractivity contribution in [2.75, 3.05) is 19.0 Å². The fraction of sp³-hybridized carbons (Fsp3) is 0.923. The summed E-state index contributed by atoms with van der Waals surface area (Å²) in [6.07, 6.45) is 4.92. The van der Waals surface area contributed by atoms with E-state index in [0.29, 0.717) is 24.2 Å². The number of carbonyl (C=O) groups excluding carboxylic acids is 1. The zero-order valence-corrected chi connectivity index (χ0v) is 12.6. The van der Waals surface area contributed by atoms with Gasteiger partial charge in [0.2, 0.25) is 0 Å². The van der Waals surface area contributed by atoms with E-state index in [0.717, 1.165) is 38.0 Å². The zero-order chi connectivity index (χ0) is 13.0. The van der Waals surface area contributed by atoms with Gasteiger partial charge in [-0.15, -0.1) is 11.8 Å². The first-order valence-electron chi connectivity index (χ1n) is 6.75. The first-order chi connectivity index (χ1) is 8.67. The van der Waals surface area contributed by atoms with E-state index in [2.05, 4.69) is 12.6 Å². The number of ether oxygens (including phenoxy) is 2. The molecule has 0 radical (unpaired) electrons. The van der Waals surface area contributed by atoms with Gasteiger partial charge in [-0.05, 0) is 38.5 Å². The van der Waals surface area contributed by atoms with Crippen molar-refractivity contribution in [1.82, 2.24) is 0 Å². The molecule has 1 aliphatic heterocycles. The summed E-state index contributed by atoms with van der Waals surface area (Å²) in [6.45, 7) is 3.14. The Bertz CT molecular complexity index is 298. The van der Waals surface area contributed by atoms with E-state index in [1.54, 1.807) is 0 Å². The van der Waals surface area contributed by atoms with Crippen LogP contribution in [0.2, 0.25) is 0 Å². The highest BCUT2D eigenvalue weighted by molar-refractivity contribution is 8.02. The van der Waals surface area contributed by atoms with Gasteiger partial charge in [-0.25, -0.2) is 0 Å². The third-order valence-corrected chi connectivity index (χ3v) is 5.89. The number of hydrogen-bond donors (Lipinski definition) is 1. The van der Waals surface area contributed by atoms with Gasteiger partial charge in [-0.2, -0.15) is 12.6 Å². The summed E-state index contributed by atoms with van der Waals surface area (Å²) in [5, 5.41) is 0.509. The lowest BCUT2D eigenvalue weighted by atomic mass is 9.84. The zero-order valence-electron chi connectivity index (χ0n) is 10.9. The highest BCUT2D eigenvalue weighted by Gasteiger charge is 2.44. The molecule has 3 atom stereocenters. The molecule has 3 unspecified atom stereocenters. The third kappa shape index (κ3) is 3.58. The first-order valence-corrected chi connectivity index (χ1v) is 8.27. The van der Waals surface area contributed by atoms with E-state index in [1.807, 2.05) is 18.7 Å². The fourth-order valence-electron chi connectivity index (χ4n) is 2.88.